The third-order valence-electron chi connectivity index (χ3n) is 11.6. The van der Waals surface area contributed by atoms with Crippen molar-refractivity contribution in [3.05, 3.63) is 22.8 Å². The van der Waals surface area contributed by atoms with E-state index in [1.165, 1.54) is 11.1 Å². The van der Waals surface area contributed by atoms with Crippen LogP contribution in [-0.2, 0) is 4.79 Å². The molecule has 0 aromatic heterocycles. The summed E-state index contributed by atoms with van der Waals surface area (Å²) >= 11 is 0. The van der Waals surface area contributed by atoms with Gasteiger partial charge in [-0.3, -0.25) is 4.79 Å². The Hall–Kier alpha value is -1.13. The SMILES string of the molecule is CC(C)=CCCC(C(=O)O)C1C(O)CC2(C)C3=C(CCC12C)C1(C)CCC(O)C(C)(C)C1CC3. The summed E-state index contributed by atoms with van der Waals surface area (Å²) in [5, 5.41) is 32.5. The summed E-state index contributed by atoms with van der Waals surface area (Å²) in [5.74, 6) is -1.02. The number of aliphatic hydroxyl groups excluding tert-OH is 2. The van der Waals surface area contributed by atoms with Crippen LogP contribution in [0.3, 0.4) is 0 Å². The molecule has 2 fully saturated rings. The number of fused-ring (bicyclic) bond motifs is 4. The molecular formula is C30H48O4. The van der Waals surface area contributed by atoms with E-state index in [2.05, 4.69) is 54.5 Å². The van der Waals surface area contributed by atoms with Crippen LogP contribution >= 0.6 is 0 Å². The van der Waals surface area contributed by atoms with Crippen LogP contribution in [0, 0.1) is 39.4 Å². The minimum atomic E-state index is -0.754. The number of carbonyl (C=O) groups is 1. The molecule has 4 rings (SSSR count). The zero-order chi connectivity index (χ0) is 25.3. The Morgan fingerprint density at radius 1 is 1.03 bits per heavy atom. The molecule has 4 nitrogen and oxygen atoms in total. The maximum Gasteiger partial charge on any atom is 0.306 e. The molecule has 4 aliphatic rings. The molecule has 8 unspecified atom stereocenters. The van der Waals surface area contributed by atoms with Crippen molar-refractivity contribution in [2.45, 2.75) is 118 Å². The monoisotopic (exact) mass is 472 g/mol. The molecule has 8 atom stereocenters. The van der Waals surface area contributed by atoms with Crippen molar-refractivity contribution in [2.24, 2.45) is 39.4 Å². The molecule has 0 aromatic rings. The van der Waals surface area contributed by atoms with Gasteiger partial charge in [0.05, 0.1) is 18.1 Å². The first-order chi connectivity index (χ1) is 15.7. The van der Waals surface area contributed by atoms with E-state index in [-0.39, 0.29) is 33.7 Å². The maximum absolute atomic E-state index is 12.5. The highest BCUT2D eigenvalue weighted by Crippen LogP contribution is 2.72. The van der Waals surface area contributed by atoms with Gasteiger partial charge in [-0.25, -0.2) is 0 Å². The Bertz CT molecular complexity index is 895. The van der Waals surface area contributed by atoms with Gasteiger partial charge < -0.3 is 15.3 Å². The molecule has 0 spiro atoms. The number of hydrogen-bond donors (Lipinski definition) is 3. The lowest BCUT2D eigenvalue weighted by Gasteiger charge is -2.62. The molecule has 4 aliphatic carbocycles. The number of aliphatic carboxylic acids is 1. The second-order valence-corrected chi connectivity index (χ2v) is 13.7. The van der Waals surface area contributed by atoms with Gasteiger partial charge in [-0.2, -0.15) is 0 Å². The highest BCUT2D eigenvalue weighted by Gasteiger charge is 2.66. The van der Waals surface area contributed by atoms with Gasteiger partial charge in [0.1, 0.15) is 0 Å². The third-order valence-corrected chi connectivity index (χ3v) is 11.6. The van der Waals surface area contributed by atoms with Crippen molar-refractivity contribution in [3.8, 4) is 0 Å². The van der Waals surface area contributed by atoms with Crippen LogP contribution in [-0.4, -0.2) is 33.5 Å². The Morgan fingerprint density at radius 3 is 2.32 bits per heavy atom. The van der Waals surface area contributed by atoms with Crippen molar-refractivity contribution in [1.29, 1.82) is 0 Å². The number of rotatable bonds is 5. The molecule has 2 saturated carbocycles. The average molecular weight is 473 g/mol. The lowest BCUT2D eigenvalue weighted by Crippen LogP contribution is -2.55. The van der Waals surface area contributed by atoms with E-state index in [1.807, 2.05) is 0 Å². The van der Waals surface area contributed by atoms with E-state index in [1.54, 1.807) is 5.57 Å². The van der Waals surface area contributed by atoms with Crippen molar-refractivity contribution in [2.75, 3.05) is 0 Å². The van der Waals surface area contributed by atoms with E-state index in [9.17, 15) is 20.1 Å². The van der Waals surface area contributed by atoms with Crippen molar-refractivity contribution >= 4 is 5.97 Å². The number of carboxylic acid groups (broad SMARTS) is 1. The van der Waals surface area contributed by atoms with E-state index < -0.39 is 18.0 Å². The minimum absolute atomic E-state index is 0.0930. The summed E-state index contributed by atoms with van der Waals surface area (Å²) in [6, 6.07) is 0. The maximum atomic E-state index is 12.5. The largest absolute Gasteiger partial charge is 0.481 e. The highest BCUT2D eigenvalue weighted by atomic mass is 16.4. The minimum Gasteiger partial charge on any atom is -0.481 e. The van der Waals surface area contributed by atoms with Gasteiger partial charge in [-0.05, 0) is 99.2 Å². The summed E-state index contributed by atoms with van der Waals surface area (Å²) in [6.45, 7) is 15.7. The first-order valence-electron chi connectivity index (χ1n) is 13.7. The molecule has 3 N–H and O–H groups in total. The Kier molecular flexibility index (Phi) is 6.47. The zero-order valence-corrected chi connectivity index (χ0v) is 22.6. The molecular weight excluding hydrogens is 424 g/mol. The summed E-state index contributed by atoms with van der Waals surface area (Å²) in [4.78, 5) is 12.5. The predicted octanol–water partition coefficient (Wildman–Crippen LogP) is 6.51. The third kappa shape index (κ3) is 3.57. The number of allylic oxidation sites excluding steroid dienone is 4. The second kappa shape index (κ2) is 8.47. The van der Waals surface area contributed by atoms with Crippen molar-refractivity contribution < 1.29 is 20.1 Å². The van der Waals surface area contributed by atoms with Gasteiger partial charge in [0.25, 0.3) is 0 Å². The normalized spacial score (nSPS) is 44.0. The smallest absolute Gasteiger partial charge is 0.306 e. The van der Waals surface area contributed by atoms with Gasteiger partial charge in [0, 0.05) is 5.92 Å². The molecule has 0 radical (unpaired) electrons. The van der Waals surface area contributed by atoms with Gasteiger partial charge in [-0.15, -0.1) is 0 Å². The number of carboxylic acids is 1. The lowest BCUT2D eigenvalue weighted by atomic mass is 9.43. The van der Waals surface area contributed by atoms with Crippen LogP contribution in [0.25, 0.3) is 0 Å². The lowest BCUT2D eigenvalue weighted by molar-refractivity contribution is -0.149. The van der Waals surface area contributed by atoms with E-state index in [0.717, 1.165) is 44.9 Å². The molecule has 0 amide bonds. The van der Waals surface area contributed by atoms with Crippen LogP contribution in [0.15, 0.2) is 22.8 Å². The summed E-state index contributed by atoms with van der Waals surface area (Å²) in [7, 11) is 0. The molecule has 192 valence electrons. The van der Waals surface area contributed by atoms with Crippen LogP contribution in [0.2, 0.25) is 0 Å². The number of hydrogen-bond acceptors (Lipinski definition) is 3. The van der Waals surface area contributed by atoms with Gasteiger partial charge >= 0.3 is 5.97 Å². The van der Waals surface area contributed by atoms with E-state index in [0.29, 0.717) is 18.8 Å². The molecule has 0 bridgehead atoms. The quantitative estimate of drug-likeness (QED) is 0.398. The van der Waals surface area contributed by atoms with Crippen molar-refractivity contribution in [3.63, 3.8) is 0 Å². The first kappa shape index (κ1) is 25.9. The fourth-order valence-corrected chi connectivity index (χ4v) is 9.50. The predicted molar refractivity (Wildman–Crippen MR) is 136 cm³/mol. The van der Waals surface area contributed by atoms with Gasteiger partial charge in [0.2, 0.25) is 0 Å². The molecule has 0 aromatic carbocycles. The summed E-state index contributed by atoms with van der Waals surface area (Å²) in [5.41, 5.74) is 3.96. The van der Waals surface area contributed by atoms with Crippen LogP contribution in [0.1, 0.15) is 106 Å². The van der Waals surface area contributed by atoms with Gasteiger partial charge in [-0.1, -0.05) is 57.4 Å². The fourth-order valence-electron chi connectivity index (χ4n) is 9.50. The number of aliphatic hydroxyl groups is 2. The average Bonchev–Trinajstić information content (AvgIpc) is 2.94. The summed E-state index contributed by atoms with van der Waals surface area (Å²) < 4.78 is 0. The second-order valence-electron chi connectivity index (χ2n) is 13.7. The standard InChI is InChI=1S/C30H48O4/c1-18(2)9-8-10-19(26(33)34)25-22(31)17-30(7)21-11-12-23-27(3,4)24(32)14-15-28(23,5)20(21)13-16-29(25,30)6/h9,19,22-25,31-32H,8,10-17H2,1-7H3,(H,33,34). The molecule has 0 heterocycles. The van der Waals surface area contributed by atoms with E-state index >= 15 is 0 Å². The summed E-state index contributed by atoms with van der Waals surface area (Å²) in [6.07, 6.45) is 9.24. The highest BCUT2D eigenvalue weighted by molar-refractivity contribution is 5.71. The topological polar surface area (TPSA) is 77.8 Å². The van der Waals surface area contributed by atoms with Crippen LogP contribution < -0.4 is 0 Å². The molecule has 0 saturated heterocycles. The molecule has 0 aliphatic heterocycles. The van der Waals surface area contributed by atoms with Crippen LogP contribution in [0.5, 0.6) is 0 Å². The Labute approximate surface area is 206 Å². The fraction of sp³-hybridized carbons (Fsp3) is 0.833. The van der Waals surface area contributed by atoms with Crippen LogP contribution in [0.4, 0.5) is 0 Å². The Morgan fingerprint density at radius 2 is 1.71 bits per heavy atom. The van der Waals surface area contributed by atoms with Crippen molar-refractivity contribution in [1.82, 2.24) is 0 Å². The van der Waals surface area contributed by atoms with E-state index in [4.69, 9.17) is 0 Å². The Balaban J connectivity index is 1.73. The zero-order valence-electron chi connectivity index (χ0n) is 22.6. The molecule has 4 heteroatoms. The first-order valence-corrected chi connectivity index (χ1v) is 13.7. The van der Waals surface area contributed by atoms with Gasteiger partial charge in [0.15, 0.2) is 0 Å². The molecule has 34 heavy (non-hydrogen) atoms.